The number of nitrogens with one attached hydrogen (secondary N) is 2. The Hall–Kier alpha value is -4.30. The number of ether oxygens (including phenoxy) is 2. The number of benzene rings is 3. The lowest BCUT2D eigenvalue weighted by Gasteiger charge is -2.23. The monoisotopic (exact) mass is 475 g/mol. The molecule has 182 valence electrons. The summed E-state index contributed by atoms with van der Waals surface area (Å²) in [6, 6.07) is 23.0. The standard InChI is InChI=1S/C27H29N3O5/c1-19(11-16-25(32)30-24-10-6-5-9-23(24)28)26(20-12-14-22(15-13-20)34-18-17-31)35-27(33)29-21-7-3-2-4-8-21/h2-16,19,26,31H,17-18,28H2,1H3,(H,29,33)(H,30,32)/b16-11+/t19-,26+/m1/s1. The van der Waals surface area contributed by atoms with Crippen LogP contribution in [0.1, 0.15) is 18.6 Å². The Balaban J connectivity index is 1.74. The summed E-state index contributed by atoms with van der Waals surface area (Å²) in [6.07, 6.45) is 1.76. The summed E-state index contributed by atoms with van der Waals surface area (Å²) in [5, 5.41) is 14.4. The van der Waals surface area contributed by atoms with Gasteiger partial charge in [0, 0.05) is 11.6 Å². The Bertz CT molecular complexity index is 1130. The highest BCUT2D eigenvalue weighted by atomic mass is 16.6. The van der Waals surface area contributed by atoms with Gasteiger partial charge in [-0.3, -0.25) is 10.1 Å². The molecule has 0 aliphatic carbocycles. The molecule has 3 aromatic carbocycles. The summed E-state index contributed by atoms with van der Waals surface area (Å²) < 4.78 is 11.2. The first kappa shape index (κ1) is 25.3. The second-order valence-electron chi connectivity index (χ2n) is 7.75. The number of carbonyl (C=O) groups excluding carboxylic acids is 2. The van der Waals surface area contributed by atoms with Crippen LogP contribution in [0, 0.1) is 5.92 Å². The molecule has 0 fully saturated rings. The molecule has 0 aliphatic heterocycles. The average molecular weight is 476 g/mol. The van der Waals surface area contributed by atoms with Gasteiger partial charge in [-0.2, -0.15) is 0 Å². The summed E-state index contributed by atoms with van der Waals surface area (Å²) in [5.41, 5.74) is 8.18. The van der Waals surface area contributed by atoms with Gasteiger partial charge in [0.2, 0.25) is 5.91 Å². The van der Waals surface area contributed by atoms with Gasteiger partial charge in [-0.1, -0.05) is 55.5 Å². The van der Waals surface area contributed by atoms with Crippen LogP contribution in [0.15, 0.2) is 91.0 Å². The molecule has 0 bridgehead atoms. The van der Waals surface area contributed by atoms with Crippen molar-refractivity contribution in [1.29, 1.82) is 0 Å². The van der Waals surface area contributed by atoms with Crippen LogP contribution in [0.5, 0.6) is 5.75 Å². The second-order valence-corrected chi connectivity index (χ2v) is 7.75. The lowest BCUT2D eigenvalue weighted by Crippen LogP contribution is -2.21. The molecule has 0 saturated heterocycles. The summed E-state index contributed by atoms with van der Waals surface area (Å²) in [4.78, 5) is 25.0. The predicted molar refractivity (Wildman–Crippen MR) is 136 cm³/mol. The number of anilines is 3. The van der Waals surface area contributed by atoms with Gasteiger partial charge in [-0.25, -0.2) is 4.79 Å². The molecule has 0 radical (unpaired) electrons. The Morgan fingerprint density at radius 1 is 0.971 bits per heavy atom. The maximum Gasteiger partial charge on any atom is 0.412 e. The van der Waals surface area contributed by atoms with E-state index >= 15 is 0 Å². The quantitative estimate of drug-likeness (QED) is 0.248. The van der Waals surface area contributed by atoms with Crippen LogP contribution in [-0.2, 0) is 9.53 Å². The number of aliphatic hydroxyl groups is 1. The van der Waals surface area contributed by atoms with Gasteiger partial charge in [0.25, 0.3) is 0 Å². The fourth-order valence-electron chi connectivity index (χ4n) is 3.31. The molecule has 35 heavy (non-hydrogen) atoms. The number of aliphatic hydroxyl groups excluding tert-OH is 1. The molecule has 0 unspecified atom stereocenters. The second kappa shape index (κ2) is 12.8. The molecular formula is C27H29N3O5. The first-order chi connectivity index (χ1) is 17.0. The van der Waals surface area contributed by atoms with Gasteiger partial charge in [0.1, 0.15) is 18.5 Å². The Kier molecular flexibility index (Phi) is 9.27. The number of carbonyl (C=O) groups is 2. The molecule has 0 spiro atoms. The lowest BCUT2D eigenvalue weighted by atomic mass is 9.96. The van der Waals surface area contributed by atoms with Crippen molar-refractivity contribution in [3.05, 3.63) is 96.6 Å². The van der Waals surface area contributed by atoms with Crippen LogP contribution in [0.3, 0.4) is 0 Å². The molecule has 3 aromatic rings. The number of rotatable bonds is 10. The molecule has 2 atom stereocenters. The van der Waals surface area contributed by atoms with Crippen molar-refractivity contribution in [2.75, 3.05) is 29.6 Å². The molecule has 0 aliphatic rings. The fourth-order valence-corrected chi connectivity index (χ4v) is 3.31. The van der Waals surface area contributed by atoms with Crippen molar-refractivity contribution in [1.82, 2.24) is 0 Å². The maximum atomic E-state index is 12.6. The summed E-state index contributed by atoms with van der Waals surface area (Å²) in [7, 11) is 0. The Morgan fingerprint density at radius 2 is 1.66 bits per heavy atom. The first-order valence-electron chi connectivity index (χ1n) is 11.2. The van der Waals surface area contributed by atoms with E-state index in [0.29, 0.717) is 22.8 Å². The van der Waals surface area contributed by atoms with Gasteiger partial charge >= 0.3 is 6.09 Å². The van der Waals surface area contributed by atoms with Crippen LogP contribution in [0.2, 0.25) is 0 Å². The van der Waals surface area contributed by atoms with Gasteiger partial charge in [0.15, 0.2) is 0 Å². The third-order valence-corrected chi connectivity index (χ3v) is 5.07. The van der Waals surface area contributed by atoms with Crippen molar-refractivity contribution in [3.63, 3.8) is 0 Å². The molecule has 0 saturated carbocycles. The number of hydrogen-bond acceptors (Lipinski definition) is 6. The molecule has 8 heteroatoms. The van der Waals surface area contributed by atoms with Crippen molar-refractivity contribution in [3.8, 4) is 5.75 Å². The Morgan fingerprint density at radius 3 is 2.34 bits per heavy atom. The summed E-state index contributed by atoms with van der Waals surface area (Å²) in [6.45, 7) is 1.93. The number of amides is 2. The van der Waals surface area contributed by atoms with Crippen molar-refractivity contribution < 1.29 is 24.2 Å². The van der Waals surface area contributed by atoms with Crippen LogP contribution < -0.4 is 21.1 Å². The van der Waals surface area contributed by atoms with Crippen LogP contribution in [0.4, 0.5) is 21.9 Å². The SMILES string of the molecule is C[C@H](/C=C/C(=O)Nc1ccccc1N)[C@H](OC(=O)Nc1ccccc1)c1ccc(OCCO)cc1. The summed E-state index contributed by atoms with van der Waals surface area (Å²) >= 11 is 0. The molecule has 0 aromatic heterocycles. The van der Waals surface area contributed by atoms with Crippen molar-refractivity contribution in [2.24, 2.45) is 5.92 Å². The number of nitrogens with two attached hydrogens (primary N) is 1. The van der Waals surface area contributed by atoms with Crippen molar-refractivity contribution in [2.45, 2.75) is 13.0 Å². The van der Waals surface area contributed by atoms with E-state index in [9.17, 15) is 9.59 Å². The minimum atomic E-state index is -0.684. The van der Waals surface area contributed by atoms with E-state index in [-0.39, 0.29) is 25.0 Å². The molecule has 5 N–H and O–H groups in total. The smallest absolute Gasteiger partial charge is 0.412 e. The zero-order valence-electron chi connectivity index (χ0n) is 19.4. The van der Waals surface area contributed by atoms with Gasteiger partial charge in [-0.15, -0.1) is 0 Å². The average Bonchev–Trinajstić information content (AvgIpc) is 2.87. The number of hydrogen-bond donors (Lipinski definition) is 4. The third kappa shape index (κ3) is 7.90. The fraction of sp³-hybridized carbons (Fsp3) is 0.185. The van der Waals surface area contributed by atoms with E-state index < -0.39 is 12.2 Å². The van der Waals surface area contributed by atoms with E-state index in [2.05, 4.69) is 10.6 Å². The highest BCUT2D eigenvalue weighted by Crippen LogP contribution is 2.29. The largest absolute Gasteiger partial charge is 0.491 e. The third-order valence-electron chi connectivity index (χ3n) is 5.07. The molecule has 3 rings (SSSR count). The van der Waals surface area contributed by atoms with Crippen molar-refractivity contribution >= 4 is 29.1 Å². The zero-order valence-corrected chi connectivity index (χ0v) is 19.4. The zero-order chi connectivity index (χ0) is 25.0. The van der Waals surface area contributed by atoms with Gasteiger partial charge < -0.3 is 25.6 Å². The van der Waals surface area contributed by atoms with Crippen LogP contribution in [-0.4, -0.2) is 30.3 Å². The van der Waals surface area contributed by atoms with Crippen LogP contribution >= 0.6 is 0 Å². The van der Waals surface area contributed by atoms with Gasteiger partial charge in [0.05, 0.1) is 18.0 Å². The minimum absolute atomic E-state index is 0.0916. The first-order valence-corrected chi connectivity index (χ1v) is 11.2. The lowest BCUT2D eigenvalue weighted by molar-refractivity contribution is -0.111. The molecule has 0 heterocycles. The minimum Gasteiger partial charge on any atom is -0.491 e. The maximum absolute atomic E-state index is 12.6. The summed E-state index contributed by atoms with van der Waals surface area (Å²) in [5.74, 6) is -0.118. The van der Waals surface area contributed by atoms with Gasteiger partial charge in [-0.05, 0) is 48.0 Å². The Labute approximate surface area is 204 Å². The highest BCUT2D eigenvalue weighted by molar-refractivity contribution is 6.01. The number of para-hydroxylation sites is 3. The highest BCUT2D eigenvalue weighted by Gasteiger charge is 2.23. The topological polar surface area (TPSA) is 123 Å². The van der Waals surface area contributed by atoms with E-state index in [1.165, 1.54) is 6.08 Å². The van der Waals surface area contributed by atoms with E-state index in [1.54, 1.807) is 66.7 Å². The van der Waals surface area contributed by atoms with E-state index in [0.717, 1.165) is 5.56 Å². The molecule has 2 amide bonds. The predicted octanol–water partition coefficient (Wildman–Crippen LogP) is 4.76. The number of nitrogen functional groups attached to an aromatic ring is 1. The van der Waals surface area contributed by atoms with Crippen LogP contribution in [0.25, 0.3) is 0 Å². The molecular weight excluding hydrogens is 446 g/mol. The van der Waals surface area contributed by atoms with E-state index in [4.69, 9.17) is 20.3 Å². The van der Waals surface area contributed by atoms with E-state index in [1.807, 2.05) is 25.1 Å². The normalized spacial score (nSPS) is 12.5. The molecule has 8 nitrogen and oxygen atoms in total.